The van der Waals surface area contributed by atoms with E-state index in [-0.39, 0.29) is 0 Å². The quantitative estimate of drug-likeness (QED) is 0.874. The Balaban J connectivity index is 2.60. The minimum Gasteiger partial charge on any atom is -0.381 e. The summed E-state index contributed by atoms with van der Waals surface area (Å²) in [5.41, 5.74) is 4.28. The number of fused-ring (bicyclic) bond motifs is 1. The van der Waals surface area contributed by atoms with Crippen molar-refractivity contribution < 1.29 is 0 Å². The fraction of sp³-hybridized carbons (Fsp3) is 0.429. The van der Waals surface area contributed by atoms with Gasteiger partial charge in [-0.2, -0.15) is 0 Å². The van der Waals surface area contributed by atoms with Gasteiger partial charge in [0, 0.05) is 18.4 Å². The summed E-state index contributed by atoms with van der Waals surface area (Å²) in [5.74, 6) is 0.495. The summed E-state index contributed by atoms with van der Waals surface area (Å²) in [6, 6.07) is 4.70. The van der Waals surface area contributed by atoms with Gasteiger partial charge in [-0.1, -0.05) is 13.8 Å². The van der Waals surface area contributed by atoms with Crippen molar-refractivity contribution in [3.05, 3.63) is 30.1 Å². The Kier molecular flexibility index (Phi) is 3.27. The highest BCUT2D eigenvalue weighted by molar-refractivity contribution is 5.88. The summed E-state index contributed by atoms with van der Waals surface area (Å²) in [4.78, 5) is 8.80. The lowest BCUT2D eigenvalue weighted by Crippen LogP contribution is -2.11. The Labute approximate surface area is 102 Å². The van der Waals surface area contributed by atoms with Crippen LogP contribution in [-0.2, 0) is 0 Å². The molecule has 17 heavy (non-hydrogen) atoms. The maximum absolute atomic E-state index is 4.41. The number of rotatable bonds is 3. The monoisotopic (exact) mass is 229 g/mol. The van der Waals surface area contributed by atoms with Gasteiger partial charge in [-0.15, -0.1) is 0 Å². The topological polar surface area (TPSA) is 37.8 Å². The molecule has 0 bridgehead atoms. The molecule has 90 valence electrons. The van der Waals surface area contributed by atoms with Crippen molar-refractivity contribution in [3.8, 4) is 0 Å². The maximum Gasteiger partial charge on any atom is 0.112 e. The summed E-state index contributed by atoms with van der Waals surface area (Å²) < 4.78 is 0. The van der Waals surface area contributed by atoms with Crippen LogP contribution >= 0.6 is 0 Å². The van der Waals surface area contributed by atoms with E-state index < -0.39 is 0 Å². The van der Waals surface area contributed by atoms with E-state index in [1.165, 1.54) is 5.56 Å². The summed E-state index contributed by atoms with van der Waals surface area (Å²) >= 11 is 0. The maximum atomic E-state index is 4.41. The molecule has 0 aliphatic rings. The van der Waals surface area contributed by atoms with Gasteiger partial charge in [0.15, 0.2) is 0 Å². The average Bonchev–Trinajstić information content (AvgIpc) is 2.28. The molecule has 0 spiro atoms. The second-order valence-corrected chi connectivity index (χ2v) is 4.95. The van der Waals surface area contributed by atoms with Gasteiger partial charge >= 0.3 is 0 Å². The summed E-state index contributed by atoms with van der Waals surface area (Å²) in [5, 5.41) is 3.44. The molecule has 0 atom stereocenters. The van der Waals surface area contributed by atoms with E-state index in [1.807, 2.05) is 0 Å². The fourth-order valence-corrected chi connectivity index (χ4v) is 1.85. The van der Waals surface area contributed by atoms with Gasteiger partial charge in [0.25, 0.3) is 0 Å². The van der Waals surface area contributed by atoms with Crippen molar-refractivity contribution in [1.82, 2.24) is 9.97 Å². The third kappa shape index (κ3) is 2.54. The molecule has 0 fully saturated rings. The third-order valence-corrected chi connectivity index (χ3v) is 2.71. The van der Waals surface area contributed by atoms with Crippen LogP contribution in [-0.4, -0.2) is 16.0 Å². The molecule has 0 saturated carbocycles. The van der Waals surface area contributed by atoms with Gasteiger partial charge in [0.1, 0.15) is 5.52 Å². The van der Waals surface area contributed by atoms with Gasteiger partial charge in [0.05, 0.1) is 11.2 Å². The molecule has 3 heteroatoms. The Morgan fingerprint density at radius 3 is 2.35 bits per heavy atom. The number of nitrogens with zero attached hydrogens (tertiary/aromatic N) is 2. The van der Waals surface area contributed by atoms with E-state index in [4.69, 9.17) is 0 Å². The van der Waals surface area contributed by atoms with Crippen LogP contribution in [0.4, 0.5) is 5.69 Å². The molecule has 1 aromatic carbocycles. The molecule has 1 heterocycles. The van der Waals surface area contributed by atoms with E-state index in [2.05, 4.69) is 55.1 Å². The number of anilines is 1. The number of hydrogen-bond acceptors (Lipinski definition) is 3. The molecule has 2 aromatic rings. The van der Waals surface area contributed by atoms with Gasteiger partial charge in [0.2, 0.25) is 0 Å². The van der Waals surface area contributed by atoms with E-state index >= 15 is 0 Å². The molecule has 1 aromatic heterocycles. The normalized spacial score (nSPS) is 11.4. The first-order chi connectivity index (χ1) is 8.08. The second kappa shape index (κ2) is 4.70. The van der Waals surface area contributed by atoms with Crippen molar-refractivity contribution >= 4 is 16.7 Å². The van der Waals surface area contributed by atoms with Crippen LogP contribution < -0.4 is 5.32 Å². The van der Waals surface area contributed by atoms with Crippen LogP contribution in [0.5, 0.6) is 0 Å². The zero-order chi connectivity index (χ0) is 12.4. The molecule has 0 amide bonds. The van der Waals surface area contributed by atoms with Gasteiger partial charge in [-0.25, -0.2) is 0 Å². The Bertz CT molecular complexity index is 518. The summed E-state index contributed by atoms with van der Waals surface area (Å²) in [7, 11) is 0. The molecule has 3 nitrogen and oxygen atoms in total. The molecule has 0 aliphatic heterocycles. The molecule has 1 N–H and O–H groups in total. The minimum absolute atomic E-state index is 0.391. The first kappa shape index (κ1) is 11.8. The lowest BCUT2D eigenvalue weighted by atomic mass is 10.0. The first-order valence-electron chi connectivity index (χ1n) is 6.09. The zero-order valence-electron chi connectivity index (χ0n) is 10.9. The van der Waals surface area contributed by atoms with E-state index in [9.17, 15) is 0 Å². The van der Waals surface area contributed by atoms with Crippen LogP contribution in [0.25, 0.3) is 11.0 Å². The molecule has 0 aliphatic carbocycles. The lowest BCUT2D eigenvalue weighted by molar-refractivity contribution is 0.863. The molecule has 0 saturated heterocycles. The van der Waals surface area contributed by atoms with Gasteiger partial charge in [-0.05, 0) is 37.5 Å². The van der Waals surface area contributed by atoms with E-state index in [0.29, 0.717) is 12.0 Å². The highest BCUT2D eigenvalue weighted by Crippen LogP contribution is 2.26. The molecule has 2 rings (SSSR count). The SMILES string of the molecule is CC(C)Nc1cc(C(C)C)cc2nccnc12. The Morgan fingerprint density at radius 2 is 1.71 bits per heavy atom. The van der Waals surface area contributed by atoms with Gasteiger partial charge in [-0.3, -0.25) is 9.97 Å². The van der Waals surface area contributed by atoms with Crippen LogP contribution in [0.3, 0.4) is 0 Å². The van der Waals surface area contributed by atoms with Crippen LogP contribution in [0.2, 0.25) is 0 Å². The summed E-state index contributed by atoms with van der Waals surface area (Å²) in [6.45, 7) is 8.64. The van der Waals surface area contributed by atoms with E-state index in [0.717, 1.165) is 16.7 Å². The summed E-state index contributed by atoms with van der Waals surface area (Å²) in [6.07, 6.45) is 3.48. The predicted molar refractivity (Wildman–Crippen MR) is 72.4 cm³/mol. The van der Waals surface area contributed by atoms with Crippen molar-refractivity contribution in [2.45, 2.75) is 39.7 Å². The van der Waals surface area contributed by atoms with Crippen molar-refractivity contribution in [3.63, 3.8) is 0 Å². The molecular formula is C14H19N3. The zero-order valence-corrected chi connectivity index (χ0v) is 10.9. The smallest absolute Gasteiger partial charge is 0.112 e. The number of benzene rings is 1. The average molecular weight is 229 g/mol. The molecular weight excluding hydrogens is 210 g/mol. The van der Waals surface area contributed by atoms with Gasteiger partial charge < -0.3 is 5.32 Å². The first-order valence-corrected chi connectivity index (χ1v) is 6.09. The largest absolute Gasteiger partial charge is 0.381 e. The number of nitrogens with one attached hydrogen (secondary N) is 1. The Hall–Kier alpha value is -1.64. The predicted octanol–water partition coefficient (Wildman–Crippen LogP) is 3.57. The Morgan fingerprint density at radius 1 is 1.00 bits per heavy atom. The second-order valence-electron chi connectivity index (χ2n) is 4.95. The highest BCUT2D eigenvalue weighted by Gasteiger charge is 2.09. The van der Waals surface area contributed by atoms with E-state index in [1.54, 1.807) is 12.4 Å². The number of aromatic nitrogens is 2. The van der Waals surface area contributed by atoms with Crippen LogP contribution in [0.1, 0.15) is 39.2 Å². The molecule has 0 unspecified atom stereocenters. The number of hydrogen-bond donors (Lipinski definition) is 1. The van der Waals surface area contributed by atoms with Crippen molar-refractivity contribution in [2.75, 3.05) is 5.32 Å². The van der Waals surface area contributed by atoms with Crippen molar-refractivity contribution in [2.24, 2.45) is 0 Å². The van der Waals surface area contributed by atoms with Crippen LogP contribution in [0, 0.1) is 0 Å². The lowest BCUT2D eigenvalue weighted by Gasteiger charge is -2.15. The van der Waals surface area contributed by atoms with Crippen molar-refractivity contribution in [1.29, 1.82) is 0 Å². The fourth-order valence-electron chi connectivity index (χ4n) is 1.85. The molecule has 0 radical (unpaired) electrons. The minimum atomic E-state index is 0.391. The third-order valence-electron chi connectivity index (χ3n) is 2.71. The highest BCUT2D eigenvalue weighted by atomic mass is 14.9. The van der Waals surface area contributed by atoms with Crippen LogP contribution in [0.15, 0.2) is 24.5 Å². The standard InChI is InChI=1S/C14H19N3/c1-9(2)11-7-12-14(16-6-5-15-12)13(8-11)17-10(3)4/h5-10,17H,1-4H3.